The van der Waals surface area contributed by atoms with E-state index in [0.29, 0.717) is 10.0 Å². The van der Waals surface area contributed by atoms with Crippen molar-refractivity contribution in [1.29, 1.82) is 0 Å². The Balaban J connectivity index is 2.33. The van der Waals surface area contributed by atoms with Crippen LogP contribution in [0.25, 0.3) is 0 Å². The molecule has 0 radical (unpaired) electrons. The fourth-order valence-corrected chi connectivity index (χ4v) is 3.71. The topological polar surface area (TPSA) is 20.2 Å². The molecule has 0 aromatic heterocycles. The predicted octanol–water partition coefficient (Wildman–Crippen LogP) is 6.46. The van der Waals surface area contributed by atoms with Crippen LogP contribution in [-0.2, 0) is 6.54 Å². The first-order valence-electron chi connectivity index (χ1n) is 9.89. The molecular formula is C21H36Cl2NO+. The van der Waals surface area contributed by atoms with Gasteiger partial charge in [-0.2, -0.15) is 0 Å². The van der Waals surface area contributed by atoms with Crippen LogP contribution >= 0.6 is 23.2 Å². The van der Waals surface area contributed by atoms with E-state index in [1.54, 1.807) is 0 Å². The van der Waals surface area contributed by atoms with Crippen molar-refractivity contribution in [3.8, 4) is 0 Å². The van der Waals surface area contributed by atoms with Gasteiger partial charge in [0.25, 0.3) is 0 Å². The maximum Gasteiger partial charge on any atom is 0.104 e. The lowest BCUT2D eigenvalue weighted by molar-refractivity contribution is -0.923. The van der Waals surface area contributed by atoms with Gasteiger partial charge >= 0.3 is 0 Å². The highest BCUT2D eigenvalue weighted by Gasteiger charge is 2.21. The van der Waals surface area contributed by atoms with Gasteiger partial charge in [0.15, 0.2) is 0 Å². The molecule has 1 aromatic carbocycles. The van der Waals surface area contributed by atoms with Crippen LogP contribution in [0.4, 0.5) is 0 Å². The van der Waals surface area contributed by atoms with Crippen molar-refractivity contribution in [2.75, 3.05) is 26.7 Å². The molecule has 0 heterocycles. The number of quaternary nitrogens is 1. The van der Waals surface area contributed by atoms with E-state index in [4.69, 9.17) is 23.2 Å². The molecule has 1 unspecified atom stereocenters. The van der Waals surface area contributed by atoms with Crippen LogP contribution in [0.15, 0.2) is 18.2 Å². The fraction of sp³-hybridized carbons (Fsp3) is 0.714. The number of nitrogens with zero attached hydrogens (tertiary/aromatic N) is 1. The number of aliphatic hydroxyl groups is 1. The van der Waals surface area contributed by atoms with Crippen molar-refractivity contribution in [2.24, 2.45) is 0 Å². The molecule has 4 heteroatoms. The van der Waals surface area contributed by atoms with E-state index < -0.39 is 0 Å². The third-order valence-corrected chi connectivity index (χ3v) is 5.73. The SMILES string of the molecule is CCCCCCCCCCC[N+](C)(CCO)Cc1ccc(Cl)c(Cl)c1. The van der Waals surface area contributed by atoms with Crippen LogP contribution in [0.1, 0.15) is 70.3 Å². The Morgan fingerprint density at radius 3 is 2.00 bits per heavy atom. The minimum Gasteiger partial charge on any atom is -0.391 e. The minimum absolute atomic E-state index is 0.218. The molecule has 144 valence electrons. The molecule has 0 aliphatic carbocycles. The first kappa shape index (κ1) is 22.8. The van der Waals surface area contributed by atoms with Crippen molar-refractivity contribution >= 4 is 23.2 Å². The lowest BCUT2D eigenvalue weighted by atomic mass is 10.1. The van der Waals surface area contributed by atoms with Gasteiger partial charge in [0.05, 0.1) is 30.2 Å². The number of hydrogen-bond donors (Lipinski definition) is 1. The number of rotatable bonds is 14. The first-order chi connectivity index (χ1) is 12.0. The summed E-state index contributed by atoms with van der Waals surface area (Å²) in [4.78, 5) is 0. The highest BCUT2D eigenvalue weighted by molar-refractivity contribution is 6.42. The summed E-state index contributed by atoms with van der Waals surface area (Å²) >= 11 is 12.1. The van der Waals surface area contributed by atoms with Gasteiger partial charge in [0.1, 0.15) is 13.1 Å². The van der Waals surface area contributed by atoms with Crippen molar-refractivity contribution in [1.82, 2.24) is 0 Å². The highest BCUT2D eigenvalue weighted by atomic mass is 35.5. The molecule has 1 N–H and O–H groups in total. The summed E-state index contributed by atoms with van der Waals surface area (Å²) in [7, 11) is 2.23. The second-order valence-corrected chi connectivity index (χ2v) is 8.34. The Morgan fingerprint density at radius 1 is 0.840 bits per heavy atom. The van der Waals surface area contributed by atoms with Crippen LogP contribution in [0, 0.1) is 0 Å². The van der Waals surface area contributed by atoms with E-state index >= 15 is 0 Å². The zero-order valence-electron chi connectivity index (χ0n) is 16.1. The second-order valence-electron chi connectivity index (χ2n) is 7.53. The number of unbranched alkanes of at least 4 members (excludes halogenated alkanes) is 8. The van der Waals surface area contributed by atoms with Crippen molar-refractivity contribution < 1.29 is 9.59 Å². The summed E-state index contributed by atoms with van der Waals surface area (Å²) in [5, 5.41) is 10.7. The molecule has 0 aliphatic rings. The number of halogens is 2. The fourth-order valence-electron chi connectivity index (χ4n) is 3.39. The molecule has 1 atom stereocenters. The molecule has 0 fully saturated rings. The van der Waals surface area contributed by atoms with Gasteiger partial charge in [0, 0.05) is 5.56 Å². The van der Waals surface area contributed by atoms with Crippen LogP contribution in [0.2, 0.25) is 10.0 Å². The standard InChI is InChI=1S/C21H36Cl2NO/c1-3-4-5-6-7-8-9-10-11-14-24(2,15-16-25)18-19-12-13-20(22)21(23)17-19/h12-13,17,25H,3-11,14-16,18H2,1-2H3/q+1. The van der Waals surface area contributed by atoms with Gasteiger partial charge in [-0.05, 0) is 25.0 Å². The molecule has 0 amide bonds. The largest absolute Gasteiger partial charge is 0.391 e. The second kappa shape index (κ2) is 13.0. The summed E-state index contributed by atoms with van der Waals surface area (Å²) in [5.41, 5.74) is 1.18. The first-order valence-corrected chi connectivity index (χ1v) is 10.6. The van der Waals surface area contributed by atoms with Gasteiger partial charge < -0.3 is 9.59 Å². The quantitative estimate of drug-likeness (QED) is 0.286. The van der Waals surface area contributed by atoms with Crippen molar-refractivity contribution in [3.63, 3.8) is 0 Å². The third-order valence-electron chi connectivity index (χ3n) is 4.99. The van der Waals surface area contributed by atoms with E-state index in [2.05, 4.69) is 14.0 Å². The third kappa shape index (κ3) is 9.84. The summed E-state index contributed by atoms with van der Waals surface area (Å²) in [6.07, 6.45) is 12.1. The Bertz CT molecular complexity index is 481. The molecule has 2 nitrogen and oxygen atoms in total. The molecule has 1 aromatic rings. The Labute approximate surface area is 164 Å². The molecular weight excluding hydrogens is 353 g/mol. The summed E-state index contributed by atoms with van der Waals surface area (Å²) in [6, 6.07) is 5.85. The van der Waals surface area contributed by atoms with E-state index in [-0.39, 0.29) is 6.61 Å². The van der Waals surface area contributed by atoms with E-state index in [9.17, 15) is 5.11 Å². The van der Waals surface area contributed by atoms with Gasteiger partial charge in [-0.15, -0.1) is 0 Å². The zero-order valence-corrected chi connectivity index (χ0v) is 17.6. The number of aliphatic hydroxyl groups excluding tert-OH is 1. The molecule has 0 saturated heterocycles. The minimum atomic E-state index is 0.218. The number of likely N-dealkylation sites (N-methyl/N-ethyl adjacent to an activating group) is 1. The lowest BCUT2D eigenvalue weighted by Crippen LogP contribution is -2.46. The van der Waals surface area contributed by atoms with Crippen LogP contribution in [0.3, 0.4) is 0 Å². The molecule has 0 spiro atoms. The Kier molecular flexibility index (Phi) is 11.8. The Hall–Kier alpha value is -0.280. The normalized spacial score (nSPS) is 13.8. The van der Waals surface area contributed by atoms with Gasteiger partial charge in [0.2, 0.25) is 0 Å². The average molecular weight is 389 g/mol. The van der Waals surface area contributed by atoms with Gasteiger partial charge in [-0.25, -0.2) is 0 Å². The zero-order chi connectivity index (χ0) is 18.5. The maximum absolute atomic E-state index is 9.46. The molecule has 1 rings (SSSR count). The average Bonchev–Trinajstić information content (AvgIpc) is 2.57. The Morgan fingerprint density at radius 2 is 1.44 bits per heavy atom. The molecule has 0 saturated carbocycles. The summed E-state index contributed by atoms with van der Waals surface area (Å²) < 4.78 is 0.852. The predicted molar refractivity (Wildman–Crippen MR) is 110 cm³/mol. The van der Waals surface area contributed by atoms with Crippen LogP contribution in [0.5, 0.6) is 0 Å². The maximum atomic E-state index is 9.46. The van der Waals surface area contributed by atoms with E-state index in [1.807, 2.05) is 18.2 Å². The van der Waals surface area contributed by atoms with E-state index in [1.165, 1.54) is 63.4 Å². The number of hydrogen-bond acceptors (Lipinski definition) is 1. The monoisotopic (exact) mass is 388 g/mol. The van der Waals surface area contributed by atoms with Gasteiger partial charge in [-0.3, -0.25) is 0 Å². The number of benzene rings is 1. The van der Waals surface area contributed by atoms with Gasteiger partial charge in [-0.1, -0.05) is 81.1 Å². The highest BCUT2D eigenvalue weighted by Crippen LogP contribution is 2.24. The van der Waals surface area contributed by atoms with E-state index in [0.717, 1.165) is 24.1 Å². The van der Waals surface area contributed by atoms with Crippen molar-refractivity contribution in [3.05, 3.63) is 33.8 Å². The van der Waals surface area contributed by atoms with Crippen LogP contribution in [-0.4, -0.2) is 36.3 Å². The van der Waals surface area contributed by atoms with Crippen molar-refractivity contribution in [2.45, 2.75) is 71.3 Å². The lowest BCUT2D eigenvalue weighted by Gasteiger charge is -2.34. The molecule has 0 bridgehead atoms. The molecule has 0 aliphatic heterocycles. The molecule has 25 heavy (non-hydrogen) atoms. The summed E-state index contributed by atoms with van der Waals surface area (Å²) in [6.45, 7) is 5.23. The van der Waals surface area contributed by atoms with Crippen LogP contribution < -0.4 is 0 Å². The smallest absolute Gasteiger partial charge is 0.104 e. The summed E-state index contributed by atoms with van der Waals surface area (Å²) in [5.74, 6) is 0.